The molecular formula is C22H16F2N6. The van der Waals surface area contributed by atoms with Crippen LogP contribution in [0.1, 0.15) is 29.6 Å². The molecule has 4 aromatic rings. The first-order valence-electron chi connectivity index (χ1n) is 9.35. The fourth-order valence-electron chi connectivity index (χ4n) is 3.71. The van der Waals surface area contributed by atoms with Crippen molar-refractivity contribution in [2.45, 2.75) is 19.4 Å². The molecule has 2 aromatic heterocycles. The summed E-state index contributed by atoms with van der Waals surface area (Å²) in [4.78, 5) is 4.59. The highest BCUT2D eigenvalue weighted by Gasteiger charge is 2.41. The highest BCUT2D eigenvalue weighted by Crippen LogP contribution is 2.40. The lowest BCUT2D eigenvalue weighted by Crippen LogP contribution is -2.28. The van der Waals surface area contributed by atoms with Crippen LogP contribution in [0.2, 0.25) is 0 Å². The number of halogens is 2. The number of benzene rings is 2. The maximum atomic E-state index is 14.8. The number of aryl methyl sites for hydroxylation is 1. The average Bonchev–Trinajstić information content (AvgIpc) is 3.14. The number of hydrogen-bond donors (Lipinski definition) is 0. The lowest BCUT2D eigenvalue weighted by Gasteiger charge is -2.25. The largest absolute Gasteiger partial charge is 0.275 e. The number of aromatic nitrogens is 5. The molecule has 0 aliphatic carbocycles. The zero-order chi connectivity index (χ0) is 20.9. The molecule has 30 heavy (non-hydrogen) atoms. The lowest BCUT2D eigenvalue weighted by atomic mass is 9.90. The van der Waals surface area contributed by atoms with Crippen molar-refractivity contribution in [3.05, 3.63) is 88.9 Å². The van der Waals surface area contributed by atoms with Crippen LogP contribution in [-0.4, -0.2) is 31.2 Å². The van der Waals surface area contributed by atoms with E-state index in [9.17, 15) is 8.78 Å². The summed E-state index contributed by atoms with van der Waals surface area (Å²) < 4.78 is 31.4. The van der Waals surface area contributed by atoms with Crippen molar-refractivity contribution in [2.24, 2.45) is 4.99 Å². The smallest absolute Gasteiger partial charge is 0.189 e. The SMILES string of the molecule is Cc1ccc(-c2nnc3n2-c2ccccc2C=NC3(C)c2c(F)cccc2F)nn1. The molecule has 6 nitrogen and oxygen atoms in total. The Kier molecular flexibility index (Phi) is 4.02. The molecule has 0 radical (unpaired) electrons. The molecular weight excluding hydrogens is 386 g/mol. The van der Waals surface area contributed by atoms with Crippen molar-refractivity contribution < 1.29 is 8.78 Å². The van der Waals surface area contributed by atoms with Gasteiger partial charge in [0.2, 0.25) is 0 Å². The maximum absolute atomic E-state index is 14.8. The molecule has 3 heterocycles. The van der Waals surface area contributed by atoms with Gasteiger partial charge < -0.3 is 0 Å². The Bertz CT molecular complexity index is 1280. The van der Waals surface area contributed by atoms with Crippen LogP contribution in [0.4, 0.5) is 8.78 Å². The molecule has 0 saturated carbocycles. The van der Waals surface area contributed by atoms with Gasteiger partial charge >= 0.3 is 0 Å². The van der Waals surface area contributed by atoms with Crippen LogP contribution in [0, 0.1) is 18.6 Å². The Morgan fingerprint density at radius 2 is 1.60 bits per heavy atom. The van der Waals surface area contributed by atoms with Crippen LogP contribution in [0.5, 0.6) is 0 Å². The van der Waals surface area contributed by atoms with Crippen molar-refractivity contribution in [1.29, 1.82) is 0 Å². The summed E-state index contributed by atoms with van der Waals surface area (Å²) in [6.07, 6.45) is 1.61. The van der Waals surface area contributed by atoms with Crippen molar-refractivity contribution in [2.75, 3.05) is 0 Å². The van der Waals surface area contributed by atoms with E-state index in [1.807, 2.05) is 37.3 Å². The Hall–Kier alpha value is -3.81. The molecule has 148 valence electrons. The minimum Gasteiger partial charge on any atom is -0.275 e. The molecule has 1 aliphatic heterocycles. The summed E-state index contributed by atoms with van der Waals surface area (Å²) in [5, 5.41) is 17.0. The maximum Gasteiger partial charge on any atom is 0.189 e. The van der Waals surface area contributed by atoms with Crippen molar-refractivity contribution >= 4 is 6.21 Å². The standard InChI is InChI=1S/C22H16F2N6/c1-13-10-11-17(27-26-13)20-28-29-21-22(2,19-15(23)7-5-8-16(19)24)25-12-14-6-3-4-9-18(14)30(20)21/h3-12H,1-2H3. The minimum atomic E-state index is -1.45. The zero-order valence-corrected chi connectivity index (χ0v) is 16.2. The second kappa shape index (κ2) is 6.62. The zero-order valence-electron chi connectivity index (χ0n) is 16.2. The third-order valence-electron chi connectivity index (χ3n) is 5.21. The second-order valence-electron chi connectivity index (χ2n) is 7.23. The van der Waals surface area contributed by atoms with E-state index >= 15 is 0 Å². The van der Waals surface area contributed by atoms with Gasteiger partial charge in [0.05, 0.1) is 16.9 Å². The monoisotopic (exact) mass is 402 g/mol. The van der Waals surface area contributed by atoms with E-state index in [2.05, 4.69) is 25.4 Å². The first-order valence-corrected chi connectivity index (χ1v) is 9.35. The van der Waals surface area contributed by atoms with E-state index in [-0.39, 0.29) is 11.4 Å². The van der Waals surface area contributed by atoms with Crippen LogP contribution in [-0.2, 0) is 5.54 Å². The quantitative estimate of drug-likeness (QED) is 0.508. The molecule has 5 rings (SSSR count). The Balaban J connectivity index is 1.85. The van der Waals surface area contributed by atoms with Gasteiger partial charge in [0.15, 0.2) is 11.6 Å². The molecule has 8 heteroatoms. The number of para-hydroxylation sites is 1. The summed E-state index contributed by atoms with van der Waals surface area (Å²) >= 11 is 0. The van der Waals surface area contributed by atoms with E-state index in [4.69, 9.17) is 0 Å². The van der Waals surface area contributed by atoms with Gasteiger partial charge in [-0.2, -0.15) is 5.10 Å². The number of rotatable bonds is 2. The average molecular weight is 402 g/mol. The number of hydrogen-bond acceptors (Lipinski definition) is 5. The third-order valence-corrected chi connectivity index (χ3v) is 5.21. The van der Waals surface area contributed by atoms with Gasteiger partial charge in [0.1, 0.15) is 22.9 Å². The summed E-state index contributed by atoms with van der Waals surface area (Å²) in [6.45, 7) is 3.46. The molecule has 0 spiro atoms. The van der Waals surface area contributed by atoms with Gasteiger partial charge in [0, 0.05) is 11.8 Å². The molecule has 2 aromatic carbocycles. The van der Waals surface area contributed by atoms with E-state index in [0.717, 1.165) is 16.9 Å². The van der Waals surface area contributed by atoms with E-state index in [1.54, 1.807) is 23.8 Å². The van der Waals surface area contributed by atoms with Crippen LogP contribution in [0.3, 0.4) is 0 Å². The van der Waals surface area contributed by atoms with E-state index in [0.29, 0.717) is 11.5 Å². The van der Waals surface area contributed by atoms with E-state index < -0.39 is 17.2 Å². The molecule has 0 fully saturated rings. The van der Waals surface area contributed by atoms with Crippen LogP contribution in [0.15, 0.2) is 59.6 Å². The van der Waals surface area contributed by atoms with Crippen LogP contribution < -0.4 is 0 Å². The molecule has 1 unspecified atom stereocenters. The highest BCUT2D eigenvalue weighted by atomic mass is 19.1. The topological polar surface area (TPSA) is 68.8 Å². The molecule has 0 saturated heterocycles. The molecule has 1 aliphatic rings. The van der Waals surface area contributed by atoms with Gasteiger partial charge in [-0.3, -0.25) is 9.56 Å². The predicted octanol–water partition coefficient (Wildman–Crippen LogP) is 4.01. The second-order valence-corrected chi connectivity index (χ2v) is 7.23. The Labute approximate surface area is 171 Å². The fraction of sp³-hybridized carbons (Fsp3) is 0.136. The summed E-state index contributed by atoms with van der Waals surface area (Å²) in [5.41, 5.74) is 1.12. The molecule has 1 atom stereocenters. The van der Waals surface area contributed by atoms with Crippen LogP contribution in [0.25, 0.3) is 17.2 Å². The van der Waals surface area contributed by atoms with Crippen molar-refractivity contribution in [3.8, 4) is 17.2 Å². The predicted molar refractivity (Wildman–Crippen MR) is 108 cm³/mol. The van der Waals surface area contributed by atoms with Crippen LogP contribution >= 0.6 is 0 Å². The van der Waals surface area contributed by atoms with Gasteiger partial charge in [0.25, 0.3) is 0 Å². The number of fused-ring (bicyclic) bond motifs is 3. The number of aliphatic imine (C=N–C) groups is 1. The lowest BCUT2D eigenvalue weighted by molar-refractivity contribution is 0.464. The molecule has 0 amide bonds. The summed E-state index contributed by atoms with van der Waals surface area (Å²) in [5.74, 6) is -0.706. The first kappa shape index (κ1) is 18.2. The first-order chi connectivity index (χ1) is 14.5. The fourth-order valence-corrected chi connectivity index (χ4v) is 3.71. The van der Waals surface area contributed by atoms with Gasteiger partial charge in [-0.05, 0) is 44.2 Å². The highest BCUT2D eigenvalue weighted by molar-refractivity contribution is 5.87. The molecule has 0 bridgehead atoms. The van der Waals surface area contributed by atoms with Gasteiger partial charge in [-0.15, -0.1) is 15.3 Å². The van der Waals surface area contributed by atoms with Gasteiger partial charge in [-0.1, -0.05) is 24.3 Å². The van der Waals surface area contributed by atoms with Crippen molar-refractivity contribution in [1.82, 2.24) is 25.0 Å². The third kappa shape index (κ3) is 2.64. The van der Waals surface area contributed by atoms with Gasteiger partial charge in [-0.25, -0.2) is 8.78 Å². The Morgan fingerprint density at radius 1 is 0.833 bits per heavy atom. The van der Waals surface area contributed by atoms with E-state index in [1.165, 1.54) is 18.2 Å². The number of nitrogens with zero attached hydrogens (tertiary/aromatic N) is 6. The molecule has 0 N–H and O–H groups in total. The summed E-state index contributed by atoms with van der Waals surface area (Å²) in [7, 11) is 0. The van der Waals surface area contributed by atoms with Crippen molar-refractivity contribution in [3.63, 3.8) is 0 Å². The normalized spacial score (nSPS) is 17.3. The minimum absolute atomic E-state index is 0.191. The summed E-state index contributed by atoms with van der Waals surface area (Å²) in [6, 6.07) is 14.8. The Morgan fingerprint density at radius 3 is 2.33 bits per heavy atom.